The Kier molecular flexibility index (Phi) is 10.2. The SMILES string of the molecule is C=C.CNCc1[nH]c(C#N)c(/C=C/C(=O)OC)c1-c1ccc(CO)c(CO)c1CO. The monoisotopic (exact) mass is 413 g/mol. The molecule has 0 spiro atoms. The van der Waals surface area contributed by atoms with Crippen LogP contribution in [0.5, 0.6) is 0 Å². The highest BCUT2D eigenvalue weighted by Gasteiger charge is 2.22. The average Bonchev–Trinajstić information content (AvgIpc) is 3.14. The molecule has 2 rings (SSSR count). The number of aromatic nitrogens is 1. The molecule has 2 aromatic rings. The Labute approximate surface area is 175 Å². The molecule has 0 amide bonds. The van der Waals surface area contributed by atoms with E-state index in [1.807, 2.05) is 0 Å². The highest BCUT2D eigenvalue weighted by atomic mass is 16.5. The number of aliphatic hydroxyl groups is 3. The third kappa shape index (κ3) is 5.23. The van der Waals surface area contributed by atoms with Crippen molar-refractivity contribution in [3.05, 3.63) is 65.0 Å². The van der Waals surface area contributed by atoms with Gasteiger partial charge in [0.15, 0.2) is 0 Å². The normalized spacial score (nSPS) is 10.4. The van der Waals surface area contributed by atoms with Gasteiger partial charge in [-0.2, -0.15) is 5.26 Å². The first-order chi connectivity index (χ1) is 14.6. The van der Waals surface area contributed by atoms with Crippen molar-refractivity contribution in [3.63, 3.8) is 0 Å². The summed E-state index contributed by atoms with van der Waals surface area (Å²) in [6.07, 6.45) is 2.69. The summed E-state index contributed by atoms with van der Waals surface area (Å²) in [5.41, 5.74) is 4.00. The van der Waals surface area contributed by atoms with Gasteiger partial charge >= 0.3 is 5.97 Å². The third-order valence-electron chi connectivity index (χ3n) is 4.45. The zero-order valence-electron chi connectivity index (χ0n) is 17.2. The van der Waals surface area contributed by atoms with Crippen LogP contribution in [0, 0.1) is 11.3 Å². The van der Waals surface area contributed by atoms with Crippen molar-refractivity contribution in [1.82, 2.24) is 10.3 Å². The van der Waals surface area contributed by atoms with Crippen LogP contribution < -0.4 is 5.32 Å². The van der Waals surface area contributed by atoms with Crippen molar-refractivity contribution >= 4 is 12.0 Å². The Morgan fingerprint density at radius 2 is 1.90 bits per heavy atom. The van der Waals surface area contributed by atoms with Crippen LogP contribution in [-0.2, 0) is 35.9 Å². The number of esters is 1. The zero-order chi connectivity index (χ0) is 22.7. The molecule has 0 aliphatic rings. The van der Waals surface area contributed by atoms with Gasteiger partial charge in [0.1, 0.15) is 11.8 Å². The number of nitrogens with one attached hydrogen (secondary N) is 2. The maximum atomic E-state index is 11.6. The van der Waals surface area contributed by atoms with E-state index in [-0.39, 0.29) is 25.5 Å². The Hall–Kier alpha value is -3.22. The number of carbonyl (C=O) groups is 1. The van der Waals surface area contributed by atoms with Crippen LogP contribution in [0.3, 0.4) is 0 Å². The van der Waals surface area contributed by atoms with Crippen molar-refractivity contribution in [1.29, 1.82) is 5.26 Å². The summed E-state index contributed by atoms with van der Waals surface area (Å²) in [7, 11) is 3.01. The van der Waals surface area contributed by atoms with Crippen molar-refractivity contribution in [3.8, 4) is 17.2 Å². The molecule has 0 atom stereocenters. The first-order valence-electron chi connectivity index (χ1n) is 9.08. The van der Waals surface area contributed by atoms with Gasteiger partial charge in [-0.1, -0.05) is 12.1 Å². The topological polar surface area (TPSA) is 139 Å². The molecule has 0 radical (unpaired) electrons. The lowest BCUT2D eigenvalue weighted by Crippen LogP contribution is -2.08. The molecular weight excluding hydrogens is 386 g/mol. The number of hydrogen-bond donors (Lipinski definition) is 5. The number of H-pyrrole nitrogens is 1. The number of ether oxygens (including phenoxy) is 1. The number of benzene rings is 1. The van der Waals surface area contributed by atoms with E-state index in [0.29, 0.717) is 45.6 Å². The van der Waals surface area contributed by atoms with Crippen molar-refractivity contribution in [2.45, 2.75) is 26.4 Å². The highest BCUT2D eigenvalue weighted by Crippen LogP contribution is 2.36. The molecule has 1 aromatic carbocycles. The van der Waals surface area contributed by atoms with Crippen LogP contribution in [-0.4, -0.2) is 40.4 Å². The fourth-order valence-corrected chi connectivity index (χ4v) is 3.16. The van der Waals surface area contributed by atoms with E-state index in [2.05, 4.69) is 34.3 Å². The number of aliphatic hydroxyl groups excluding tert-OH is 3. The Morgan fingerprint density at radius 3 is 2.40 bits per heavy atom. The second-order valence-electron chi connectivity index (χ2n) is 5.97. The van der Waals surface area contributed by atoms with Gasteiger partial charge in [-0.05, 0) is 35.4 Å². The Morgan fingerprint density at radius 1 is 1.23 bits per heavy atom. The summed E-state index contributed by atoms with van der Waals surface area (Å²) in [6, 6.07) is 5.46. The second-order valence-corrected chi connectivity index (χ2v) is 5.97. The largest absolute Gasteiger partial charge is 0.466 e. The lowest BCUT2D eigenvalue weighted by atomic mass is 9.90. The number of nitriles is 1. The van der Waals surface area contributed by atoms with E-state index in [0.717, 1.165) is 0 Å². The number of hydrogen-bond acceptors (Lipinski definition) is 7. The molecule has 1 heterocycles. The van der Waals surface area contributed by atoms with E-state index in [1.165, 1.54) is 19.3 Å². The maximum absolute atomic E-state index is 11.6. The van der Waals surface area contributed by atoms with E-state index in [4.69, 9.17) is 0 Å². The molecule has 5 N–H and O–H groups in total. The molecule has 0 aliphatic heterocycles. The van der Waals surface area contributed by atoms with Gasteiger partial charge in [-0.3, -0.25) is 0 Å². The van der Waals surface area contributed by atoms with Crippen LogP contribution in [0.2, 0.25) is 0 Å². The summed E-state index contributed by atoms with van der Waals surface area (Å²) in [5.74, 6) is -0.569. The molecule has 160 valence electrons. The molecule has 8 nitrogen and oxygen atoms in total. The molecule has 0 aliphatic carbocycles. The number of rotatable bonds is 8. The minimum atomic E-state index is -0.569. The van der Waals surface area contributed by atoms with Gasteiger partial charge in [-0.25, -0.2) is 4.79 Å². The summed E-state index contributed by atoms with van der Waals surface area (Å²) >= 11 is 0. The molecular formula is C22H27N3O5. The molecule has 0 unspecified atom stereocenters. The Bertz CT molecular complexity index is 941. The Balaban J connectivity index is 0.00000218. The zero-order valence-corrected chi connectivity index (χ0v) is 17.2. The number of nitrogens with zero attached hydrogens (tertiary/aromatic N) is 1. The molecule has 30 heavy (non-hydrogen) atoms. The van der Waals surface area contributed by atoms with Crippen LogP contribution in [0.4, 0.5) is 0 Å². The summed E-state index contributed by atoms with van der Waals surface area (Å²) in [6.45, 7) is 5.39. The van der Waals surface area contributed by atoms with Crippen LogP contribution in [0.25, 0.3) is 17.2 Å². The summed E-state index contributed by atoms with van der Waals surface area (Å²) < 4.78 is 4.62. The predicted molar refractivity (Wildman–Crippen MR) is 114 cm³/mol. The predicted octanol–water partition coefficient (Wildman–Crippen LogP) is 1.74. The first-order valence-corrected chi connectivity index (χ1v) is 9.08. The third-order valence-corrected chi connectivity index (χ3v) is 4.45. The highest BCUT2D eigenvalue weighted by molar-refractivity contribution is 5.91. The van der Waals surface area contributed by atoms with Crippen molar-refractivity contribution in [2.75, 3.05) is 14.2 Å². The molecule has 1 aromatic heterocycles. The van der Waals surface area contributed by atoms with Gasteiger partial charge in [0.25, 0.3) is 0 Å². The van der Waals surface area contributed by atoms with E-state index >= 15 is 0 Å². The molecule has 8 heteroatoms. The van der Waals surface area contributed by atoms with Crippen molar-refractivity contribution < 1.29 is 24.9 Å². The van der Waals surface area contributed by atoms with Crippen LogP contribution in [0.1, 0.15) is 33.6 Å². The fourth-order valence-electron chi connectivity index (χ4n) is 3.16. The quantitative estimate of drug-likeness (QED) is 0.252. The minimum Gasteiger partial charge on any atom is -0.466 e. The lowest BCUT2D eigenvalue weighted by Gasteiger charge is -2.17. The second kappa shape index (κ2) is 12.4. The molecule has 0 saturated heterocycles. The number of methoxy groups -OCH3 is 1. The van der Waals surface area contributed by atoms with Gasteiger partial charge in [-0.15, -0.1) is 13.2 Å². The summed E-state index contributed by atoms with van der Waals surface area (Å²) in [4.78, 5) is 14.6. The summed E-state index contributed by atoms with van der Waals surface area (Å²) in [5, 5.41) is 41.8. The van der Waals surface area contributed by atoms with Crippen LogP contribution >= 0.6 is 0 Å². The minimum absolute atomic E-state index is 0.251. The van der Waals surface area contributed by atoms with Gasteiger partial charge < -0.3 is 30.4 Å². The average molecular weight is 413 g/mol. The van der Waals surface area contributed by atoms with Gasteiger partial charge in [0.05, 0.1) is 26.9 Å². The smallest absolute Gasteiger partial charge is 0.330 e. The van der Waals surface area contributed by atoms with E-state index in [1.54, 1.807) is 19.2 Å². The number of aromatic amines is 1. The van der Waals surface area contributed by atoms with Gasteiger partial charge in [0, 0.05) is 29.4 Å². The van der Waals surface area contributed by atoms with E-state index < -0.39 is 5.97 Å². The van der Waals surface area contributed by atoms with E-state index in [9.17, 15) is 25.4 Å². The molecule has 0 bridgehead atoms. The standard InChI is InChI=1S/C20H23N3O5.C2H4/c1-22-8-18-20(14(17(7-21)23-18)5-6-19(27)28-2)13-4-3-12(9-24)15(10-25)16(13)11-26;1-2/h3-6,22-26H,8-11H2,1-2H3;1-2H2/b6-5+;. The lowest BCUT2D eigenvalue weighted by molar-refractivity contribution is -0.134. The van der Waals surface area contributed by atoms with Gasteiger partial charge in [0.2, 0.25) is 0 Å². The fraction of sp³-hybridized carbons (Fsp3) is 0.273. The maximum Gasteiger partial charge on any atom is 0.330 e. The van der Waals surface area contributed by atoms with Crippen LogP contribution in [0.15, 0.2) is 31.4 Å². The molecule has 0 fully saturated rings. The molecule has 0 saturated carbocycles. The van der Waals surface area contributed by atoms with Crippen molar-refractivity contribution in [2.24, 2.45) is 0 Å². The first kappa shape index (κ1) is 24.8. The number of carbonyl (C=O) groups excluding carboxylic acids is 1.